The monoisotopic (exact) mass is 411 g/mol. The molecule has 4 atom stereocenters. The fourth-order valence-electron chi connectivity index (χ4n) is 5.48. The molecule has 4 rings (SSSR count). The zero-order valence-electron chi connectivity index (χ0n) is 17.5. The molecule has 1 saturated heterocycles. The fourth-order valence-corrected chi connectivity index (χ4v) is 5.48. The van der Waals surface area contributed by atoms with Gasteiger partial charge in [0.2, 0.25) is 11.8 Å². The Kier molecular flexibility index (Phi) is 5.18. The number of carbonyl (C=O) groups is 3. The van der Waals surface area contributed by atoms with E-state index in [1.165, 1.54) is 16.7 Å². The van der Waals surface area contributed by atoms with Crippen molar-refractivity contribution in [1.29, 1.82) is 0 Å². The summed E-state index contributed by atoms with van der Waals surface area (Å²) < 4.78 is 0. The quantitative estimate of drug-likeness (QED) is 0.782. The molecular weight excluding hydrogens is 382 g/mol. The summed E-state index contributed by atoms with van der Waals surface area (Å²) in [6, 6.07) is 7.49. The number of amides is 2. The van der Waals surface area contributed by atoms with Gasteiger partial charge < -0.3 is 15.7 Å². The van der Waals surface area contributed by atoms with Gasteiger partial charge >= 0.3 is 5.97 Å². The van der Waals surface area contributed by atoms with E-state index in [9.17, 15) is 19.5 Å². The van der Waals surface area contributed by atoms with Crippen LogP contribution >= 0.6 is 0 Å². The van der Waals surface area contributed by atoms with Crippen molar-refractivity contribution in [1.82, 2.24) is 9.80 Å². The molecule has 1 aliphatic carbocycles. The first-order valence-corrected chi connectivity index (χ1v) is 10.5. The van der Waals surface area contributed by atoms with Crippen molar-refractivity contribution in [2.75, 3.05) is 26.7 Å². The van der Waals surface area contributed by atoms with E-state index in [0.29, 0.717) is 32.5 Å². The van der Waals surface area contributed by atoms with Crippen LogP contribution in [-0.4, -0.2) is 65.4 Å². The van der Waals surface area contributed by atoms with E-state index in [2.05, 4.69) is 25.1 Å². The summed E-state index contributed by atoms with van der Waals surface area (Å²) >= 11 is 0. The molecule has 7 heteroatoms. The van der Waals surface area contributed by atoms with Gasteiger partial charge in [-0.15, -0.1) is 0 Å². The van der Waals surface area contributed by atoms with Crippen LogP contribution in [0.5, 0.6) is 0 Å². The smallest absolute Gasteiger partial charge is 0.308 e. The molecular formula is C23H29N3O4. The predicted octanol–water partition coefficient (Wildman–Crippen LogP) is 1.51. The van der Waals surface area contributed by atoms with E-state index in [4.69, 9.17) is 5.73 Å². The van der Waals surface area contributed by atoms with Crippen LogP contribution in [0.4, 0.5) is 0 Å². The summed E-state index contributed by atoms with van der Waals surface area (Å²) in [4.78, 5) is 40.6. The van der Waals surface area contributed by atoms with Gasteiger partial charge in [0.25, 0.3) is 0 Å². The van der Waals surface area contributed by atoms with Gasteiger partial charge in [-0.05, 0) is 55.3 Å². The molecule has 1 aromatic carbocycles. The van der Waals surface area contributed by atoms with Gasteiger partial charge in [0, 0.05) is 25.6 Å². The molecule has 30 heavy (non-hydrogen) atoms. The van der Waals surface area contributed by atoms with E-state index in [1.54, 1.807) is 11.9 Å². The first-order chi connectivity index (χ1) is 14.2. The Morgan fingerprint density at radius 3 is 2.50 bits per heavy atom. The van der Waals surface area contributed by atoms with Crippen LogP contribution in [0.2, 0.25) is 0 Å². The highest BCUT2D eigenvalue weighted by Crippen LogP contribution is 2.59. The number of hydrogen-bond acceptors (Lipinski definition) is 4. The number of benzene rings is 1. The summed E-state index contributed by atoms with van der Waals surface area (Å²) in [5.41, 5.74) is 8.72. The third kappa shape index (κ3) is 3.51. The molecule has 2 fully saturated rings. The molecule has 1 spiro atoms. The van der Waals surface area contributed by atoms with Gasteiger partial charge in [0.05, 0.1) is 5.92 Å². The summed E-state index contributed by atoms with van der Waals surface area (Å²) in [5, 5.41) is 9.85. The zero-order valence-corrected chi connectivity index (χ0v) is 17.5. The van der Waals surface area contributed by atoms with E-state index < -0.39 is 17.9 Å². The number of nitrogens with two attached hydrogens (primary N) is 1. The lowest BCUT2D eigenvalue weighted by atomic mass is 9.79. The molecule has 0 bridgehead atoms. The molecule has 7 nitrogen and oxygen atoms in total. The highest BCUT2D eigenvalue weighted by Gasteiger charge is 2.63. The van der Waals surface area contributed by atoms with Crippen LogP contribution in [-0.2, 0) is 14.4 Å². The lowest BCUT2D eigenvalue weighted by Crippen LogP contribution is -2.58. The van der Waals surface area contributed by atoms with Crippen molar-refractivity contribution >= 4 is 23.4 Å². The van der Waals surface area contributed by atoms with Crippen molar-refractivity contribution in [3.8, 4) is 0 Å². The number of aliphatic carboxylic acids is 1. The van der Waals surface area contributed by atoms with Gasteiger partial charge in [-0.3, -0.25) is 19.3 Å². The lowest BCUT2D eigenvalue weighted by molar-refractivity contribution is -0.156. The fraction of sp³-hybridized carbons (Fsp3) is 0.522. The minimum absolute atomic E-state index is 0.142. The maximum Gasteiger partial charge on any atom is 0.308 e. The van der Waals surface area contributed by atoms with Crippen LogP contribution < -0.4 is 5.73 Å². The van der Waals surface area contributed by atoms with Gasteiger partial charge in [0.15, 0.2) is 0 Å². The van der Waals surface area contributed by atoms with Crippen LogP contribution in [0.25, 0.3) is 5.57 Å². The number of carboxylic acids is 1. The maximum absolute atomic E-state index is 13.3. The zero-order chi connectivity index (χ0) is 21.6. The number of likely N-dealkylation sites (tertiary alicyclic amines) is 1. The van der Waals surface area contributed by atoms with Crippen molar-refractivity contribution < 1.29 is 19.5 Å². The normalized spacial score (nSPS) is 31.3. The Morgan fingerprint density at radius 2 is 1.93 bits per heavy atom. The molecule has 4 unspecified atom stereocenters. The van der Waals surface area contributed by atoms with Crippen LogP contribution in [0.1, 0.15) is 30.4 Å². The van der Waals surface area contributed by atoms with Gasteiger partial charge in [-0.2, -0.15) is 0 Å². The molecule has 1 aromatic rings. The van der Waals surface area contributed by atoms with Crippen molar-refractivity contribution in [3.63, 3.8) is 0 Å². The number of nitrogens with zero attached hydrogens (tertiary/aromatic N) is 2. The lowest BCUT2D eigenvalue weighted by Gasteiger charge is -2.43. The van der Waals surface area contributed by atoms with Gasteiger partial charge in [-0.25, -0.2) is 0 Å². The van der Waals surface area contributed by atoms with E-state index in [-0.39, 0.29) is 23.1 Å². The molecule has 0 radical (unpaired) electrons. The number of piperidine rings is 1. The minimum atomic E-state index is -0.984. The second kappa shape index (κ2) is 7.54. The topological polar surface area (TPSA) is 104 Å². The Morgan fingerprint density at radius 1 is 1.20 bits per heavy atom. The summed E-state index contributed by atoms with van der Waals surface area (Å²) in [6.07, 6.45) is 3.77. The molecule has 2 heterocycles. The predicted molar refractivity (Wildman–Crippen MR) is 112 cm³/mol. The van der Waals surface area contributed by atoms with Crippen LogP contribution in [0, 0.1) is 24.2 Å². The number of likely N-dealkylation sites (N-methyl/N-ethyl adjacent to an activating group) is 1. The van der Waals surface area contributed by atoms with Crippen LogP contribution in [0.15, 0.2) is 30.3 Å². The Balaban J connectivity index is 1.50. The molecule has 1 saturated carbocycles. The first kappa shape index (κ1) is 20.6. The SMILES string of the molecule is Cc1ccccc1C1=CCN(C(=O)C2C(C(=O)O)CC3(CC3C(N)=O)CN2C)CC1. The van der Waals surface area contributed by atoms with Crippen molar-refractivity contribution in [3.05, 3.63) is 41.5 Å². The minimum Gasteiger partial charge on any atom is -0.481 e. The molecule has 2 aliphatic heterocycles. The summed E-state index contributed by atoms with van der Waals surface area (Å²) in [7, 11) is 1.79. The molecule has 3 N–H and O–H groups in total. The number of aryl methyl sites for hydroxylation is 1. The number of rotatable bonds is 4. The Labute approximate surface area is 176 Å². The standard InChI is InChI=1S/C23H29N3O4/c1-14-5-3-4-6-16(14)15-7-9-26(10-8-15)21(28)19-17(22(29)30)11-23(13-25(19)2)12-18(23)20(24)27/h3-7,17-19H,8-13H2,1-2H3,(H2,24,27)(H,29,30). The second-order valence-electron chi connectivity index (χ2n) is 9.11. The maximum atomic E-state index is 13.3. The van der Waals surface area contributed by atoms with Gasteiger partial charge in [-0.1, -0.05) is 30.3 Å². The Bertz CT molecular complexity index is 927. The highest BCUT2D eigenvalue weighted by molar-refractivity contribution is 5.89. The van der Waals surface area contributed by atoms with E-state index >= 15 is 0 Å². The number of primary amides is 1. The number of carbonyl (C=O) groups excluding carboxylic acids is 2. The van der Waals surface area contributed by atoms with Crippen molar-refractivity contribution in [2.45, 2.75) is 32.2 Å². The highest BCUT2D eigenvalue weighted by atomic mass is 16.4. The average molecular weight is 412 g/mol. The summed E-state index contributed by atoms with van der Waals surface area (Å²) in [6.45, 7) is 3.66. The van der Waals surface area contributed by atoms with E-state index in [0.717, 1.165) is 6.42 Å². The largest absolute Gasteiger partial charge is 0.481 e. The second-order valence-corrected chi connectivity index (χ2v) is 9.11. The third-order valence-corrected chi connectivity index (χ3v) is 7.16. The average Bonchev–Trinajstić information content (AvgIpc) is 3.40. The number of carboxylic acid groups (broad SMARTS) is 1. The molecule has 0 aromatic heterocycles. The van der Waals surface area contributed by atoms with Crippen LogP contribution in [0.3, 0.4) is 0 Å². The Hall–Kier alpha value is -2.67. The van der Waals surface area contributed by atoms with Gasteiger partial charge in [0.1, 0.15) is 6.04 Å². The van der Waals surface area contributed by atoms with E-state index in [1.807, 2.05) is 17.0 Å². The molecule has 3 aliphatic rings. The molecule has 2 amide bonds. The first-order valence-electron chi connectivity index (χ1n) is 10.5. The molecule has 160 valence electrons. The number of hydrogen-bond donors (Lipinski definition) is 2. The third-order valence-electron chi connectivity index (χ3n) is 7.16. The summed E-state index contributed by atoms with van der Waals surface area (Å²) in [5.74, 6) is -2.62. The van der Waals surface area contributed by atoms with Crippen molar-refractivity contribution in [2.24, 2.45) is 23.0 Å².